The average molecular weight is 235 g/mol. The zero-order valence-electron chi connectivity index (χ0n) is 10.4. The Bertz CT molecular complexity index is 488. The first-order valence-electron chi connectivity index (χ1n) is 5.70. The van der Waals surface area contributed by atoms with Gasteiger partial charge in [0, 0.05) is 13.6 Å². The van der Waals surface area contributed by atoms with Crippen LogP contribution in [0.5, 0.6) is 0 Å². The lowest BCUT2D eigenvalue weighted by Gasteiger charge is -2.01. The molecule has 2 aromatic heterocycles. The molecule has 92 valence electrons. The van der Waals surface area contributed by atoms with Gasteiger partial charge in [-0.05, 0) is 19.4 Å². The van der Waals surface area contributed by atoms with Crippen LogP contribution in [0.15, 0.2) is 10.6 Å². The first-order valence-corrected chi connectivity index (χ1v) is 5.70. The van der Waals surface area contributed by atoms with Crippen molar-refractivity contribution in [3.05, 3.63) is 29.2 Å². The second-order valence-electron chi connectivity index (χ2n) is 3.94. The van der Waals surface area contributed by atoms with Crippen LogP contribution in [0.25, 0.3) is 0 Å². The average Bonchev–Trinajstić information content (AvgIpc) is 2.86. The van der Waals surface area contributed by atoms with E-state index in [9.17, 15) is 0 Å². The molecule has 2 rings (SSSR count). The van der Waals surface area contributed by atoms with E-state index in [-0.39, 0.29) is 0 Å². The molecule has 0 saturated heterocycles. The topological polar surface area (TPSA) is 68.8 Å². The minimum absolute atomic E-state index is 0.577. The molecule has 17 heavy (non-hydrogen) atoms. The molecular weight excluding hydrogens is 218 g/mol. The van der Waals surface area contributed by atoms with Crippen molar-refractivity contribution >= 4 is 0 Å². The monoisotopic (exact) mass is 235 g/mol. The van der Waals surface area contributed by atoms with Gasteiger partial charge in [0.1, 0.15) is 0 Å². The quantitative estimate of drug-likeness (QED) is 0.836. The molecule has 0 aliphatic carbocycles. The van der Waals surface area contributed by atoms with Crippen molar-refractivity contribution in [3.63, 3.8) is 0 Å². The summed E-state index contributed by atoms with van der Waals surface area (Å²) >= 11 is 0. The zero-order chi connectivity index (χ0) is 12.3. The van der Waals surface area contributed by atoms with Crippen LogP contribution in [-0.2, 0) is 26.6 Å². The van der Waals surface area contributed by atoms with Gasteiger partial charge < -0.3 is 9.84 Å². The fourth-order valence-electron chi connectivity index (χ4n) is 1.62. The summed E-state index contributed by atoms with van der Waals surface area (Å²) in [6.07, 6.45) is 0.955. The molecule has 1 N–H and O–H groups in total. The fraction of sp³-hybridized carbons (Fsp3) is 0.545. The molecule has 0 amide bonds. The molecular formula is C11H17N5O. The van der Waals surface area contributed by atoms with Crippen molar-refractivity contribution in [1.29, 1.82) is 0 Å². The van der Waals surface area contributed by atoms with Crippen molar-refractivity contribution < 1.29 is 4.52 Å². The first-order chi connectivity index (χ1) is 8.19. The van der Waals surface area contributed by atoms with Gasteiger partial charge in [0.25, 0.3) is 0 Å². The molecule has 0 unspecified atom stereocenters. The maximum Gasteiger partial charge on any atom is 0.240 e. The summed E-state index contributed by atoms with van der Waals surface area (Å²) in [5, 5.41) is 11.4. The normalized spacial score (nSPS) is 11.0. The number of rotatable bonds is 5. The second-order valence-corrected chi connectivity index (χ2v) is 3.94. The lowest BCUT2D eigenvalue weighted by atomic mass is 10.3. The van der Waals surface area contributed by atoms with Gasteiger partial charge >= 0.3 is 0 Å². The smallest absolute Gasteiger partial charge is 0.240 e. The fourth-order valence-corrected chi connectivity index (χ4v) is 1.62. The van der Waals surface area contributed by atoms with E-state index in [0.717, 1.165) is 24.4 Å². The Morgan fingerprint density at radius 1 is 1.41 bits per heavy atom. The van der Waals surface area contributed by atoms with Crippen molar-refractivity contribution in [2.45, 2.75) is 33.4 Å². The summed E-state index contributed by atoms with van der Waals surface area (Å²) in [4.78, 5) is 4.12. The highest BCUT2D eigenvalue weighted by molar-refractivity contribution is 5.09. The Kier molecular flexibility index (Phi) is 3.53. The summed E-state index contributed by atoms with van der Waals surface area (Å²) < 4.78 is 6.91. The summed E-state index contributed by atoms with van der Waals surface area (Å²) in [5.74, 6) is 1.27. The van der Waals surface area contributed by atoms with Gasteiger partial charge in [0.05, 0.1) is 17.9 Å². The number of hydrogen-bond acceptors (Lipinski definition) is 5. The van der Waals surface area contributed by atoms with Crippen LogP contribution in [0.3, 0.4) is 0 Å². The third-order valence-corrected chi connectivity index (χ3v) is 2.54. The van der Waals surface area contributed by atoms with Crippen molar-refractivity contribution in [1.82, 2.24) is 25.2 Å². The highest BCUT2D eigenvalue weighted by Gasteiger charge is 2.05. The summed E-state index contributed by atoms with van der Waals surface area (Å²) in [6, 6.07) is 2.10. The Labute approximate surface area is 100 Å². The Morgan fingerprint density at radius 2 is 2.24 bits per heavy atom. The maximum absolute atomic E-state index is 5.01. The highest BCUT2D eigenvalue weighted by atomic mass is 16.5. The molecule has 0 bridgehead atoms. The van der Waals surface area contributed by atoms with Gasteiger partial charge in [-0.1, -0.05) is 12.1 Å². The molecule has 6 nitrogen and oxygen atoms in total. The first kappa shape index (κ1) is 11.8. The standard InChI is InChI=1S/C11H17N5O/c1-4-9-5-10(16(3)14-9)6-12-7-11-13-8(2)15-17-11/h5,12H,4,6-7H2,1-3H3. The molecule has 0 saturated carbocycles. The number of aromatic nitrogens is 4. The minimum atomic E-state index is 0.577. The van der Waals surface area contributed by atoms with E-state index >= 15 is 0 Å². The third kappa shape index (κ3) is 2.91. The van der Waals surface area contributed by atoms with Gasteiger partial charge in [-0.3, -0.25) is 4.68 Å². The molecule has 2 heterocycles. The molecule has 6 heteroatoms. The van der Waals surface area contributed by atoms with Crippen LogP contribution in [0.4, 0.5) is 0 Å². The van der Waals surface area contributed by atoms with E-state index in [0.29, 0.717) is 18.3 Å². The number of hydrogen-bond donors (Lipinski definition) is 1. The molecule has 2 aromatic rings. The maximum atomic E-state index is 5.01. The molecule has 0 atom stereocenters. The summed E-state index contributed by atoms with van der Waals surface area (Å²) in [7, 11) is 1.95. The lowest BCUT2D eigenvalue weighted by Crippen LogP contribution is -2.15. The Balaban J connectivity index is 1.87. The van der Waals surface area contributed by atoms with Crippen molar-refractivity contribution in [2.75, 3.05) is 0 Å². The van der Waals surface area contributed by atoms with Crippen molar-refractivity contribution in [2.24, 2.45) is 7.05 Å². The van der Waals surface area contributed by atoms with E-state index in [1.54, 1.807) is 0 Å². The predicted octanol–water partition coefficient (Wildman–Crippen LogP) is 0.964. The summed E-state index contributed by atoms with van der Waals surface area (Å²) in [5.41, 5.74) is 2.26. The lowest BCUT2D eigenvalue weighted by molar-refractivity contribution is 0.363. The number of nitrogens with zero attached hydrogens (tertiary/aromatic N) is 4. The van der Waals surface area contributed by atoms with Gasteiger partial charge in [-0.25, -0.2) is 0 Å². The minimum Gasteiger partial charge on any atom is -0.338 e. The Hall–Kier alpha value is -1.69. The molecule has 0 aromatic carbocycles. The Morgan fingerprint density at radius 3 is 2.82 bits per heavy atom. The van der Waals surface area contributed by atoms with Crippen molar-refractivity contribution in [3.8, 4) is 0 Å². The van der Waals surface area contributed by atoms with Crippen LogP contribution >= 0.6 is 0 Å². The van der Waals surface area contributed by atoms with Crippen LogP contribution in [-0.4, -0.2) is 19.9 Å². The zero-order valence-corrected chi connectivity index (χ0v) is 10.4. The van der Waals surface area contributed by atoms with Crippen LogP contribution in [0.1, 0.15) is 30.0 Å². The third-order valence-electron chi connectivity index (χ3n) is 2.54. The molecule has 0 fully saturated rings. The van der Waals surface area contributed by atoms with Crippen LogP contribution < -0.4 is 5.32 Å². The molecule has 0 aliphatic rings. The highest BCUT2D eigenvalue weighted by Crippen LogP contribution is 2.04. The number of aryl methyl sites for hydroxylation is 3. The van der Waals surface area contributed by atoms with Gasteiger partial charge in [0.2, 0.25) is 5.89 Å². The van der Waals surface area contributed by atoms with Gasteiger partial charge in [0.15, 0.2) is 5.82 Å². The van der Waals surface area contributed by atoms with Gasteiger partial charge in [-0.15, -0.1) is 0 Å². The van der Waals surface area contributed by atoms with E-state index in [4.69, 9.17) is 4.52 Å². The number of nitrogens with one attached hydrogen (secondary N) is 1. The van der Waals surface area contributed by atoms with E-state index in [1.807, 2.05) is 18.7 Å². The molecule has 0 aliphatic heterocycles. The van der Waals surface area contributed by atoms with Crippen LogP contribution in [0.2, 0.25) is 0 Å². The largest absolute Gasteiger partial charge is 0.338 e. The van der Waals surface area contributed by atoms with E-state index < -0.39 is 0 Å². The van der Waals surface area contributed by atoms with E-state index in [2.05, 4.69) is 33.5 Å². The molecule has 0 radical (unpaired) electrons. The molecule has 0 spiro atoms. The predicted molar refractivity (Wildman–Crippen MR) is 62.2 cm³/mol. The van der Waals surface area contributed by atoms with E-state index in [1.165, 1.54) is 0 Å². The summed E-state index contributed by atoms with van der Waals surface area (Å²) in [6.45, 7) is 5.22. The second kappa shape index (κ2) is 5.09. The van der Waals surface area contributed by atoms with Crippen LogP contribution in [0, 0.1) is 6.92 Å². The van der Waals surface area contributed by atoms with Gasteiger partial charge in [-0.2, -0.15) is 10.1 Å². The SMILES string of the molecule is CCc1cc(CNCc2nc(C)no2)n(C)n1.